The Balaban J connectivity index is 2.14. The molecule has 0 N–H and O–H groups in total. The van der Waals surface area contributed by atoms with Crippen LogP contribution in [-0.2, 0) is 14.3 Å². The molecule has 1 aliphatic heterocycles. The van der Waals surface area contributed by atoms with Crippen molar-refractivity contribution in [2.45, 2.75) is 25.3 Å². The van der Waals surface area contributed by atoms with Gasteiger partial charge in [0.15, 0.2) is 5.78 Å². The number of nitrogens with zero attached hydrogens (tertiary/aromatic N) is 1. The molecule has 0 aromatic rings. The number of methoxy groups -OCH3 is 1. The molecule has 0 fully saturated rings. The molecule has 5 heteroatoms. The fourth-order valence-corrected chi connectivity index (χ4v) is 3.42. The molecule has 3 aliphatic rings. The number of carbonyl (C=O) groups is 2. The highest BCUT2D eigenvalue weighted by atomic mass is 79.9. The predicted octanol–water partition coefficient (Wildman–Crippen LogP) is 2.50. The van der Waals surface area contributed by atoms with E-state index in [4.69, 9.17) is 4.74 Å². The van der Waals surface area contributed by atoms with Crippen LogP contribution in [0.5, 0.6) is 0 Å². The normalized spacial score (nSPS) is 28.4. The molecule has 2 aliphatic carbocycles. The number of fused-ring (bicyclic) bond motifs is 2. The van der Waals surface area contributed by atoms with Crippen molar-refractivity contribution in [2.24, 2.45) is 10.9 Å². The van der Waals surface area contributed by atoms with Gasteiger partial charge in [0.1, 0.15) is 5.71 Å². The van der Waals surface area contributed by atoms with Crippen LogP contribution in [0.2, 0.25) is 0 Å². The molecule has 0 radical (unpaired) electrons. The molecular weight excluding hydrogens is 322 g/mol. The van der Waals surface area contributed by atoms with E-state index in [-0.39, 0.29) is 17.7 Å². The van der Waals surface area contributed by atoms with Crippen LogP contribution in [0.3, 0.4) is 0 Å². The van der Waals surface area contributed by atoms with Crippen LogP contribution < -0.4 is 0 Å². The van der Waals surface area contributed by atoms with Crippen molar-refractivity contribution in [3.63, 3.8) is 0 Å². The average molecular weight is 336 g/mol. The lowest BCUT2D eigenvalue weighted by Crippen LogP contribution is -2.38. The fourth-order valence-electron chi connectivity index (χ4n) is 3.02. The number of allylic oxidation sites excluding steroid dienone is 4. The fraction of sp³-hybridized carbons (Fsp3) is 0.400. The minimum absolute atomic E-state index is 0.0205. The standard InChI is InChI=1S/C15H14BrNO3/c1-20-15(19)13-9-6-7-10(16)14(18)12(9)8-4-2-3-5-11(8)17-13/h3,5,7,9,11H,2,4,6H2,1H3. The SMILES string of the molecule is COC(=O)C1=NC2C=CCCC2=C2C(=O)C(Br)=CCC12. The number of ketones is 1. The molecular formula is C15H14BrNO3. The van der Waals surface area contributed by atoms with Gasteiger partial charge >= 0.3 is 5.97 Å². The van der Waals surface area contributed by atoms with Crippen molar-refractivity contribution in [3.8, 4) is 0 Å². The Bertz CT molecular complexity index is 613. The highest BCUT2D eigenvalue weighted by molar-refractivity contribution is 9.12. The Hall–Kier alpha value is -1.49. The molecule has 0 amide bonds. The van der Waals surface area contributed by atoms with Gasteiger partial charge in [0.25, 0.3) is 0 Å². The summed E-state index contributed by atoms with van der Waals surface area (Å²) in [6.07, 6.45) is 8.18. The first kappa shape index (κ1) is 13.5. The topological polar surface area (TPSA) is 55.7 Å². The predicted molar refractivity (Wildman–Crippen MR) is 78.8 cm³/mol. The van der Waals surface area contributed by atoms with Gasteiger partial charge in [-0.15, -0.1) is 0 Å². The summed E-state index contributed by atoms with van der Waals surface area (Å²) in [6.45, 7) is 0. The molecule has 0 aromatic carbocycles. The number of ether oxygens (including phenoxy) is 1. The van der Waals surface area contributed by atoms with E-state index in [0.29, 0.717) is 16.6 Å². The van der Waals surface area contributed by atoms with Crippen molar-refractivity contribution in [1.82, 2.24) is 0 Å². The quantitative estimate of drug-likeness (QED) is 0.546. The molecule has 104 valence electrons. The summed E-state index contributed by atoms with van der Waals surface area (Å²) >= 11 is 3.31. The Morgan fingerprint density at radius 2 is 2.30 bits per heavy atom. The Kier molecular flexibility index (Phi) is 3.46. The Morgan fingerprint density at radius 3 is 3.05 bits per heavy atom. The van der Waals surface area contributed by atoms with E-state index in [2.05, 4.69) is 20.9 Å². The van der Waals surface area contributed by atoms with Crippen LogP contribution in [0.4, 0.5) is 0 Å². The van der Waals surface area contributed by atoms with E-state index in [0.717, 1.165) is 24.0 Å². The summed E-state index contributed by atoms with van der Waals surface area (Å²) < 4.78 is 5.40. The Labute approximate surface area is 125 Å². The van der Waals surface area contributed by atoms with E-state index in [1.54, 1.807) is 0 Å². The second-order valence-electron chi connectivity index (χ2n) is 5.03. The average Bonchev–Trinajstić information content (AvgIpc) is 2.48. The summed E-state index contributed by atoms with van der Waals surface area (Å²) in [6, 6.07) is -0.188. The van der Waals surface area contributed by atoms with Crippen LogP contribution in [0, 0.1) is 5.92 Å². The lowest BCUT2D eigenvalue weighted by Gasteiger charge is -2.33. The third-order valence-corrected chi connectivity index (χ3v) is 4.63. The molecule has 20 heavy (non-hydrogen) atoms. The van der Waals surface area contributed by atoms with Crippen LogP contribution >= 0.6 is 15.9 Å². The van der Waals surface area contributed by atoms with E-state index >= 15 is 0 Å². The van der Waals surface area contributed by atoms with Gasteiger partial charge in [-0.1, -0.05) is 18.2 Å². The van der Waals surface area contributed by atoms with Crippen molar-refractivity contribution < 1.29 is 14.3 Å². The number of Topliss-reactive ketones (excluding diaryl/α,β-unsaturated/α-hetero) is 1. The van der Waals surface area contributed by atoms with Crippen LogP contribution in [-0.4, -0.2) is 30.6 Å². The molecule has 0 bridgehead atoms. The van der Waals surface area contributed by atoms with Gasteiger partial charge in [-0.3, -0.25) is 9.79 Å². The van der Waals surface area contributed by atoms with Gasteiger partial charge < -0.3 is 4.74 Å². The summed E-state index contributed by atoms with van der Waals surface area (Å²) in [5.74, 6) is -0.716. The number of dihydropyridines is 1. The summed E-state index contributed by atoms with van der Waals surface area (Å²) in [5.41, 5.74) is 2.16. The highest BCUT2D eigenvalue weighted by Crippen LogP contribution is 2.40. The van der Waals surface area contributed by atoms with E-state index in [1.807, 2.05) is 18.2 Å². The monoisotopic (exact) mass is 335 g/mol. The second kappa shape index (κ2) is 5.13. The summed E-state index contributed by atoms with van der Waals surface area (Å²) in [4.78, 5) is 28.9. The second-order valence-corrected chi connectivity index (χ2v) is 5.88. The highest BCUT2D eigenvalue weighted by Gasteiger charge is 2.40. The molecule has 0 saturated carbocycles. The number of halogens is 1. The molecule has 3 rings (SSSR count). The molecule has 0 saturated heterocycles. The number of hydrogen-bond donors (Lipinski definition) is 0. The lowest BCUT2D eigenvalue weighted by molar-refractivity contribution is -0.133. The molecule has 2 unspecified atom stereocenters. The van der Waals surface area contributed by atoms with Crippen LogP contribution in [0.25, 0.3) is 0 Å². The van der Waals surface area contributed by atoms with Gasteiger partial charge in [0, 0.05) is 11.5 Å². The molecule has 4 nitrogen and oxygen atoms in total. The number of carbonyl (C=O) groups excluding carboxylic acids is 2. The number of rotatable bonds is 1. The molecule has 0 spiro atoms. The number of esters is 1. The first-order valence-corrected chi connectivity index (χ1v) is 7.38. The van der Waals surface area contributed by atoms with Gasteiger partial charge in [-0.05, 0) is 40.8 Å². The van der Waals surface area contributed by atoms with Crippen LogP contribution in [0.1, 0.15) is 19.3 Å². The van der Waals surface area contributed by atoms with Gasteiger partial charge in [0.2, 0.25) is 0 Å². The smallest absolute Gasteiger partial charge is 0.352 e. The van der Waals surface area contributed by atoms with Crippen molar-refractivity contribution in [3.05, 3.63) is 33.9 Å². The molecule has 0 aromatic heterocycles. The maximum atomic E-state index is 12.5. The maximum absolute atomic E-state index is 12.5. The largest absolute Gasteiger partial charge is 0.465 e. The zero-order valence-corrected chi connectivity index (χ0v) is 12.6. The maximum Gasteiger partial charge on any atom is 0.352 e. The van der Waals surface area contributed by atoms with Gasteiger partial charge in [-0.2, -0.15) is 0 Å². The third kappa shape index (κ3) is 2.00. The van der Waals surface area contributed by atoms with Crippen LogP contribution in [0.15, 0.2) is 38.8 Å². The van der Waals surface area contributed by atoms with Crippen molar-refractivity contribution in [1.29, 1.82) is 0 Å². The molecule has 2 atom stereocenters. The zero-order valence-electron chi connectivity index (χ0n) is 11.1. The van der Waals surface area contributed by atoms with E-state index in [1.165, 1.54) is 7.11 Å². The lowest BCUT2D eigenvalue weighted by atomic mass is 9.75. The van der Waals surface area contributed by atoms with E-state index in [9.17, 15) is 9.59 Å². The zero-order chi connectivity index (χ0) is 14.3. The van der Waals surface area contributed by atoms with Crippen molar-refractivity contribution in [2.75, 3.05) is 7.11 Å². The minimum atomic E-state index is -0.440. The number of aliphatic imine (C=N–C) groups is 1. The first-order valence-electron chi connectivity index (χ1n) is 6.59. The van der Waals surface area contributed by atoms with Gasteiger partial charge in [0.05, 0.1) is 17.6 Å². The third-order valence-electron chi connectivity index (χ3n) is 3.95. The molecule has 1 heterocycles. The Morgan fingerprint density at radius 1 is 1.50 bits per heavy atom. The minimum Gasteiger partial charge on any atom is -0.465 e. The van der Waals surface area contributed by atoms with Gasteiger partial charge in [-0.25, -0.2) is 4.79 Å². The summed E-state index contributed by atoms with van der Waals surface area (Å²) in [5, 5.41) is 0. The number of hydrogen-bond acceptors (Lipinski definition) is 4. The summed E-state index contributed by atoms with van der Waals surface area (Å²) in [7, 11) is 1.34. The van der Waals surface area contributed by atoms with Crippen molar-refractivity contribution >= 4 is 33.4 Å². The van der Waals surface area contributed by atoms with E-state index < -0.39 is 5.97 Å². The first-order chi connectivity index (χ1) is 9.63.